The van der Waals surface area contributed by atoms with E-state index in [2.05, 4.69) is 6.07 Å². The van der Waals surface area contributed by atoms with Gasteiger partial charge in [0, 0.05) is 11.5 Å². The number of aliphatic hydroxyl groups excluding tert-OH is 1. The van der Waals surface area contributed by atoms with E-state index >= 15 is 0 Å². The number of benzene rings is 1. The number of hydrogen-bond donors (Lipinski definition) is 2. The van der Waals surface area contributed by atoms with Gasteiger partial charge in [-0.1, -0.05) is 12.1 Å². The molecule has 1 aromatic rings. The number of carbonyl (C=O) groups is 1. The molecule has 0 heterocycles. The summed E-state index contributed by atoms with van der Waals surface area (Å²) in [5.41, 5.74) is 2.05. The van der Waals surface area contributed by atoms with Gasteiger partial charge >= 0.3 is 6.09 Å². The third-order valence-electron chi connectivity index (χ3n) is 4.31. The largest absolute Gasteiger partial charge is 0.465 e. The minimum atomic E-state index is -1.03. The van der Waals surface area contributed by atoms with Gasteiger partial charge in [0.15, 0.2) is 0 Å². The van der Waals surface area contributed by atoms with E-state index in [9.17, 15) is 15.0 Å². The normalized spacial score (nSPS) is 18.4. The van der Waals surface area contributed by atoms with Gasteiger partial charge in [0.2, 0.25) is 0 Å². The molecular formula is C17H22N2O3. The summed E-state index contributed by atoms with van der Waals surface area (Å²) < 4.78 is 0. The van der Waals surface area contributed by atoms with Crippen LogP contribution in [0.25, 0.3) is 0 Å². The summed E-state index contributed by atoms with van der Waals surface area (Å²) in [5.74, 6) is -0.118. The Bertz CT molecular complexity index is 613. The molecule has 1 aromatic carbocycles. The second-order valence-electron chi connectivity index (χ2n) is 6.76. The zero-order valence-electron chi connectivity index (χ0n) is 13.2. The van der Waals surface area contributed by atoms with E-state index in [0.717, 1.165) is 24.0 Å². The maximum Gasteiger partial charge on any atom is 0.407 e. The highest BCUT2D eigenvalue weighted by atomic mass is 16.4. The average Bonchev–Trinajstić information content (AvgIpc) is 2.86. The van der Waals surface area contributed by atoms with E-state index in [0.29, 0.717) is 5.56 Å². The monoisotopic (exact) mass is 302 g/mol. The number of amides is 1. The first-order valence-corrected chi connectivity index (χ1v) is 7.46. The zero-order chi connectivity index (χ0) is 16.5. The van der Waals surface area contributed by atoms with E-state index in [1.165, 1.54) is 4.90 Å². The van der Waals surface area contributed by atoms with Crippen LogP contribution in [0.5, 0.6) is 0 Å². The Kier molecular flexibility index (Phi) is 4.43. The zero-order valence-corrected chi connectivity index (χ0v) is 13.2. The van der Waals surface area contributed by atoms with Crippen LogP contribution in [0.2, 0.25) is 0 Å². The third-order valence-corrected chi connectivity index (χ3v) is 4.31. The summed E-state index contributed by atoms with van der Waals surface area (Å²) in [4.78, 5) is 12.7. The number of aliphatic hydroxyl groups is 1. The van der Waals surface area contributed by atoms with Gasteiger partial charge in [-0.05, 0) is 50.8 Å². The molecule has 0 unspecified atom stereocenters. The smallest absolute Gasteiger partial charge is 0.407 e. The molecule has 22 heavy (non-hydrogen) atoms. The van der Waals surface area contributed by atoms with Gasteiger partial charge < -0.3 is 15.1 Å². The van der Waals surface area contributed by atoms with Crippen molar-refractivity contribution in [3.63, 3.8) is 0 Å². The lowest BCUT2D eigenvalue weighted by Crippen LogP contribution is -2.49. The molecular weight excluding hydrogens is 280 g/mol. The Morgan fingerprint density at radius 3 is 2.73 bits per heavy atom. The predicted octanol–water partition coefficient (Wildman–Crippen LogP) is 2.73. The van der Waals surface area contributed by atoms with Crippen molar-refractivity contribution in [1.29, 1.82) is 5.26 Å². The predicted molar refractivity (Wildman–Crippen MR) is 82.7 cm³/mol. The molecule has 0 fully saturated rings. The summed E-state index contributed by atoms with van der Waals surface area (Å²) >= 11 is 0. The number of rotatable bonds is 3. The van der Waals surface area contributed by atoms with Crippen molar-refractivity contribution in [2.75, 3.05) is 6.54 Å². The first-order chi connectivity index (χ1) is 10.3. The van der Waals surface area contributed by atoms with Gasteiger partial charge in [0.1, 0.15) is 0 Å². The van der Waals surface area contributed by atoms with Crippen molar-refractivity contribution in [2.45, 2.75) is 51.2 Å². The average molecular weight is 302 g/mol. The van der Waals surface area contributed by atoms with Crippen LogP contribution >= 0.6 is 0 Å². The minimum absolute atomic E-state index is 0.0692. The van der Waals surface area contributed by atoms with Crippen LogP contribution in [-0.4, -0.2) is 39.4 Å². The highest BCUT2D eigenvalue weighted by Gasteiger charge is 2.35. The maximum atomic E-state index is 11.4. The number of β-amino-alcohol motifs (C(OH)–C–C–N with tert-alkyl or cyclic N) is 1. The molecule has 5 heteroatoms. The molecule has 0 saturated heterocycles. The summed E-state index contributed by atoms with van der Waals surface area (Å²) in [6, 6.07) is 7.72. The van der Waals surface area contributed by atoms with E-state index in [-0.39, 0.29) is 12.5 Å². The van der Waals surface area contributed by atoms with Crippen LogP contribution in [0, 0.1) is 11.3 Å². The van der Waals surface area contributed by atoms with E-state index in [1.807, 2.05) is 32.9 Å². The lowest BCUT2D eigenvalue weighted by Gasteiger charge is -2.36. The summed E-state index contributed by atoms with van der Waals surface area (Å²) in [6.45, 7) is 5.50. The molecule has 2 N–H and O–H groups in total. The van der Waals surface area contributed by atoms with Gasteiger partial charge in [0.05, 0.1) is 24.3 Å². The van der Waals surface area contributed by atoms with Crippen molar-refractivity contribution in [3.05, 3.63) is 34.9 Å². The van der Waals surface area contributed by atoms with Crippen molar-refractivity contribution >= 4 is 6.09 Å². The topological polar surface area (TPSA) is 84.6 Å². The Morgan fingerprint density at radius 2 is 2.18 bits per heavy atom. The molecule has 0 aromatic heterocycles. The fourth-order valence-electron chi connectivity index (χ4n) is 3.14. The lowest BCUT2D eigenvalue weighted by atomic mass is 9.93. The van der Waals surface area contributed by atoms with Crippen molar-refractivity contribution in [1.82, 2.24) is 4.90 Å². The van der Waals surface area contributed by atoms with Gasteiger partial charge in [-0.25, -0.2) is 4.79 Å². The number of carboxylic acid groups (broad SMARTS) is 1. The van der Waals surface area contributed by atoms with Crippen molar-refractivity contribution in [3.8, 4) is 6.07 Å². The van der Waals surface area contributed by atoms with Crippen LogP contribution in [0.4, 0.5) is 4.79 Å². The minimum Gasteiger partial charge on any atom is -0.465 e. The summed E-state index contributed by atoms with van der Waals surface area (Å²) in [7, 11) is 0. The first-order valence-electron chi connectivity index (χ1n) is 7.46. The Hall–Kier alpha value is -2.06. The second kappa shape index (κ2) is 5.98. The van der Waals surface area contributed by atoms with Crippen LogP contribution < -0.4 is 0 Å². The maximum absolute atomic E-state index is 11.4. The SMILES string of the molecule is CC(C)(C)N(C[C@@H](O)[C@H]1CCc2c(C#N)cccc21)C(=O)O. The molecule has 0 aliphatic heterocycles. The highest BCUT2D eigenvalue weighted by molar-refractivity contribution is 5.66. The molecule has 118 valence electrons. The molecule has 1 aliphatic carbocycles. The van der Waals surface area contributed by atoms with Crippen LogP contribution in [0.3, 0.4) is 0 Å². The second-order valence-corrected chi connectivity index (χ2v) is 6.76. The van der Waals surface area contributed by atoms with Gasteiger partial charge in [-0.2, -0.15) is 5.26 Å². The Morgan fingerprint density at radius 1 is 1.50 bits per heavy atom. The Labute approximate surface area is 130 Å². The summed E-state index contributed by atoms with van der Waals surface area (Å²) in [6.07, 6.45) is -0.308. The van der Waals surface area contributed by atoms with Crippen molar-refractivity contribution in [2.24, 2.45) is 0 Å². The van der Waals surface area contributed by atoms with Crippen molar-refractivity contribution < 1.29 is 15.0 Å². The molecule has 2 atom stereocenters. The Balaban J connectivity index is 2.22. The molecule has 0 saturated carbocycles. The third kappa shape index (κ3) is 3.07. The van der Waals surface area contributed by atoms with Crippen LogP contribution in [-0.2, 0) is 6.42 Å². The number of nitrogens with zero attached hydrogens (tertiary/aromatic N) is 2. The molecule has 0 bridgehead atoms. The lowest BCUT2D eigenvalue weighted by molar-refractivity contribution is 0.0451. The van der Waals surface area contributed by atoms with Gasteiger partial charge in [-0.15, -0.1) is 0 Å². The van der Waals surface area contributed by atoms with Crippen LogP contribution in [0.15, 0.2) is 18.2 Å². The van der Waals surface area contributed by atoms with Gasteiger partial charge in [-0.3, -0.25) is 0 Å². The van der Waals surface area contributed by atoms with Crippen LogP contribution in [0.1, 0.15) is 49.8 Å². The quantitative estimate of drug-likeness (QED) is 0.899. The molecule has 0 radical (unpaired) electrons. The molecule has 1 amide bonds. The van der Waals surface area contributed by atoms with E-state index in [1.54, 1.807) is 6.07 Å². The van der Waals surface area contributed by atoms with E-state index in [4.69, 9.17) is 5.26 Å². The molecule has 5 nitrogen and oxygen atoms in total. The fraction of sp³-hybridized carbons (Fsp3) is 0.529. The summed E-state index contributed by atoms with van der Waals surface area (Å²) in [5, 5.41) is 29.1. The fourth-order valence-corrected chi connectivity index (χ4v) is 3.14. The molecule has 0 spiro atoms. The van der Waals surface area contributed by atoms with E-state index < -0.39 is 17.7 Å². The first kappa shape index (κ1) is 16.3. The number of nitriles is 1. The molecule has 1 aliphatic rings. The number of hydrogen-bond acceptors (Lipinski definition) is 3. The highest BCUT2D eigenvalue weighted by Crippen LogP contribution is 2.37. The van der Waals surface area contributed by atoms with Gasteiger partial charge in [0.25, 0.3) is 0 Å². The number of fused-ring (bicyclic) bond motifs is 1. The molecule has 2 rings (SSSR count). The standard InChI is InChI=1S/C17H22N2O3/c1-17(2,3)19(16(21)22)10-15(20)14-8-7-12-11(9-18)5-4-6-13(12)14/h4-6,14-15,20H,7-8,10H2,1-3H3,(H,21,22)/t14-,15+/m0/s1.